The van der Waals surface area contributed by atoms with E-state index in [1.165, 1.54) is 4.90 Å². The van der Waals surface area contributed by atoms with Crippen LogP contribution in [-0.4, -0.2) is 43.1 Å². The Kier molecular flexibility index (Phi) is 7.71. The molecule has 0 radical (unpaired) electrons. The van der Waals surface area contributed by atoms with Crippen LogP contribution in [0.5, 0.6) is 5.75 Å². The Morgan fingerprint density at radius 2 is 1.74 bits per heavy atom. The van der Waals surface area contributed by atoms with Gasteiger partial charge in [0.25, 0.3) is 11.8 Å². The molecule has 0 saturated carbocycles. The number of carbonyl (C=O) groups excluding carboxylic acids is 2. The van der Waals surface area contributed by atoms with E-state index < -0.39 is 0 Å². The van der Waals surface area contributed by atoms with Crippen LogP contribution in [0.4, 0.5) is 5.69 Å². The first-order valence-electron chi connectivity index (χ1n) is 10.4. The van der Waals surface area contributed by atoms with E-state index >= 15 is 0 Å². The van der Waals surface area contributed by atoms with Crippen LogP contribution in [0.3, 0.4) is 0 Å². The number of ether oxygens (including phenoxy) is 2. The van der Waals surface area contributed by atoms with Crippen molar-refractivity contribution in [2.45, 2.75) is 27.2 Å². The zero-order chi connectivity index (χ0) is 22.4. The molecule has 1 aliphatic heterocycles. The maximum absolute atomic E-state index is 13.3. The Balaban J connectivity index is 1.96. The lowest BCUT2D eigenvalue weighted by Gasteiger charge is -2.15. The van der Waals surface area contributed by atoms with Gasteiger partial charge in [0.05, 0.1) is 12.2 Å². The lowest BCUT2D eigenvalue weighted by Crippen LogP contribution is -2.34. The summed E-state index contributed by atoms with van der Waals surface area (Å²) in [6, 6.07) is 12.6. The smallest absolute Gasteiger partial charge is 0.278 e. The first-order chi connectivity index (χ1) is 15.0. The average Bonchev–Trinajstić information content (AvgIpc) is 2.98. The number of rotatable bonds is 10. The van der Waals surface area contributed by atoms with Crippen molar-refractivity contribution in [1.82, 2.24) is 4.90 Å². The molecule has 0 saturated heterocycles. The molecule has 3 rings (SSSR count). The van der Waals surface area contributed by atoms with Crippen LogP contribution in [0.15, 0.2) is 48.2 Å². The van der Waals surface area contributed by atoms with Crippen molar-refractivity contribution >= 4 is 34.7 Å². The molecule has 7 heteroatoms. The summed E-state index contributed by atoms with van der Waals surface area (Å²) in [7, 11) is 0. The van der Waals surface area contributed by atoms with Crippen molar-refractivity contribution in [3.8, 4) is 5.75 Å². The second kappa shape index (κ2) is 10.5. The average molecular weight is 443 g/mol. The number of hydrogen-bond donors (Lipinski definition) is 1. The van der Waals surface area contributed by atoms with Gasteiger partial charge >= 0.3 is 0 Å². The van der Waals surface area contributed by atoms with E-state index in [4.69, 9.17) is 21.1 Å². The molecule has 0 spiro atoms. The van der Waals surface area contributed by atoms with Crippen LogP contribution < -0.4 is 10.1 Å². The molecule has 1 aliphatic rings. The fraction of sp³-hybridized carbons (Fsp3) is 0.333. The fourth-order valence-electron chi connectivity index (χ4n) is 3.38. The Hall–Kier alpha value is -2.83. The van der Waals surface area contributed by atoms with Gasteiger partial charge in [0.2, 0.25) is 0 Å². The number of hydrogen-bond acceptors (Lipinski definition) is 5. The summed E-state index contributed by atoms with van der Waals surface area (Å²) < 4.78 is 10.9. The predicted octanol–water partition coefficient (Wildman–Crippen LogP) is 4.67. The van der Waals surface area contributed by atoms with Gasteiger partial charge in [-0.25, -0.2) is 0 Å². The van der Waals surface area contributed by atoms with Gasteiger partial charge in [-0.2, -0.15) is 0 Å². The maximum atomic E-state index is 13.3. The molecule has 2 aromatic carbocycles. The van der Waals surface area contributed by atoms with Crippen LogP contribution >= 0.6 is 11.6 Å². The number of nitrogens with one attached hydrogen (secondary N) is 1. The van der Waals surface area contributed by atoms with Crippen molar-refractivity contribution in [3.05, 3.63) is 64.3 Å². The van der Waals surface area contributed by atoms with Gasteiger partial charge in [-0.05, 0) is 62.6 Å². The van der Waals surface area contributed by atoms with Crippen LogP contribution in [-0.2, 0) is 14.3 Å². The van der Waals surface area contributed by atoms with Crippen molar-refractivity contribution in [2.24, 2.45) is 0 Å². The monoisotopic (exact) mass is 442 g/mol. The predicted molar refractivity (Wildman–Crippen MR) is 122 cm³/mol. The standard InChI is InChI=1S/C24H27ClN2O4/c1-4-30-14-6-13-27-23(28)21(17-8-11-19(12-9-17)31-5-2)22(24(27)29)26-20-15-18(25)10-7-16(20)3/h7-12,15,26H,4-6,13-14H2,1-3H3. The molecule has 0 fully saturated rings. The number of aryl methyl sites for hydroxylation is 1. The summed E-state index contributed by atoms with van der Waals surface area (Å²) >= 11 is 6.15. The summed E-state index contributed by atoms with van der Waals surface area (Å²) in [5.74, 6) is 0.0231. The van der Waals surface area contributed by atoms with Crippen molar-refractivity contribution < 1.29 is 19.1 Å². The number of carbonyl (C=O) groups is 2. The third-order valence-corrected chi connectivity index (χ3v) is 5.19. The topological polar surface area (TPSA) is 67.9 Å². The molecule has 6 nitrogen and oxygen atoms in total. The first-order valence-corrected chi connectivity index (χ1v) is 10.8. The lowest BCUT2D eigenvalue weighted by molar-refractivity contribution is -0.137. The molecular weight excluding hydrogens is 416 g/mol. The Morgan fingerprint density at radius 3 is 2.42 bits per heavy atom. The van der Waals surface area contributed by atoms with E-state index in [1.807, 2.05) is 26.8 Å². The SMILES string of the molecule is CCOCCCN1C(=O)C(Nc2cc(Cl)ccc2C)=C(c2ccc(OCC)cc2)C1=O. The highest BCUT2D eigenvalue weighted by molar-refractivity contribution is 6.36. The van der Waals surface area contributed by atoms with E-state index in [1.54, 1.807) is 36.4 Å². The van der Waals surface area contributed by atoms with Gasteiger partial charge in [0.15, 0.2) is 0 Å². The number of halogens is 1. The summed E-state index contributed by atoms with van der Waals surface area (Å²) in [6.07, 6.45) is 0.575. The van der Waals surface area contributed by atoms with E-state index in [0.717, 1.165) is 5.56 Å². The third-order valence-electron chi connectivity index (χ3n) is 4.96. The maximum Gasteiger partial charge on any atom is 0.278 e. The largest absolute Gasteiger partial charge is 0.494 e. The molecular formula is C24H27ClN2O4. The lowest BCUT2D eigenvalue weighted by atomic mass is 10.0. The molecule has 1 heterocycles. The second-order valence-corrected chi connectivity index (χ2v) is 7.54. The Morgan fingerprint density at radius 1 is 1.00 bits per heavy atom. The summed E-state index contributed by atoms with van der Waals surface area (Å²) in [6.45, 7) is 7.65. The molecule has 0 unspecified atom stereocenters. The van der Waals surface area contributed by atoms with E-state index in [9.17, 15) is 9.59 Å². The number of nitrogens with zero attached hydrogens (tertiary/aromatic N) is 1. The molecule has 2 aromatic rings. The normalized spacial score (nSPS) is 13.9. The van der Waals surface area contributed by atoms with Gasteiger partial charge in [0.1, 0.15) is 11.4 Å². The summed E-state index contributed by atoms with van der Waals surface area (Å²) in [5, 5.41) is 3.71. The van der Waals surface area contributed by atoms with Gasteiger partial charge in [-0.3, -0.25) is 14.5 Å². The van der Waals surface area contributed by atoms with Crippen LogP contribution in [0.2, 0.25) is 5.02 Å². The highest BCUT2D eigenvalue weighted by Crippen LogP contribution is 2.33. The Labute approximate surface area is 187 Å². The van der Waals surface area contributed by atoms with E-state index in [-0.39, 0.29) is 24.1 Å². The third kappa shape index (κ3) is 5.27. The van der Waals surface area contributed by atoms with Gasteiger partial charge in [-0.1, -0.05) is 29.8 Å². The number of amides is 2. The molecule has 31 heavy (non-hydrogen) atoms. The minimum absolute atomic E-state index is 0.246. The van der Waals surface area contributed by atoms with Crippen molar-refractivity contribution in [1.29, 1.82) is 0 Å². The van der Waals surface area contributed by atoms with Gasteiger partial charge in [0, 0.05) is 30.5 Å². The van der Waals surface area contributed by atoms with Crippen molar-refractivity contribution in [2.75, 3.05) is 31.7 Å². The Bertz CT molecular complexity index is 986. The first kappa shape index (κ1) is 22.8. The quantitative estimate of drug-likeness (QED) is 0.428. The van der Waals surface area contributed by atoms with Crippen LogP contribution in [0.25, 0.3) is 5.57 Å². The van der Waals surface area contributed by atoms with Crippen molar-refractivity contribution in [3.63, 3.8) is 0 Å². The summed E-state index contributed by atoms with van der Waals surface area (Å²) in [4.78, 5) is 27.7. The molecule has 0 aliphatic carbocycles. The number of imide groups is 1. The van der Waals surface area contributed by atoms with Gasteiger partial charge in [-0.15, -0.1) is 0 Å². The van der Waals surface area contributed by atoms with Crippen LogP contribution in [0, 0.1) is 6.92 Å². The zero-order valence-corrected chi connectivity index (χ0v) is 18.8. The van der Waals surface area contributed by atoms with Gasteiger partial charge < -0.3 is 14.8 Å². The second-order valence-electron chi connectivity index (χ2n) is 7.10. The van der Waals surface area contributed by atoms with E-state index in [2.05, 4.69) is 5.32 Å². The molecule has 0 bridgehead atoms. The molecule has 1 N–H and O–H groups in total. The minimum atomic E-state index is -0.357. The minimum Gasteiger partial charge on any atom is -0.494 e. The molecule has 2 amide bonds. The fourth-order valence-corrected chi connectivity index (χ4v) is 3.55. The molecule has 0 aromatic heterocycles. The molecule has 164 valence electrons. The number of anilines is 1. The molecule has 0 atom stereocenters. The van der Waals surface area contributed by atoms with Crippen LogP contribution in [0.1, 0.15) is 31.4 Å². The van der Waals surface area contributed by atoms with E-state index in [0.29, 0.717) is 53.8 Å². The highest BCUT2D eigenvalue weighted by atomic mass is 35.5. The highest BCUT2D eigenvalue weighted by Gasteiger charge is 2.39. The number of benzene rings is 2. The zero-order valence-electron chi connectivity index (χ0n) is 18.0. The summed E-state index contributed by atoms with van der Waals surface area (Å²) in [5.41, 5.74) is 2.83.